The van der Waals surface area contributed by atoms with Crippen LogP contribution in [0.5, 0.6) is 0 Å². The van der Waals surface area contributed by atoms with Crippen molar-refractivity contribution in [2.45, 2.75) is 13.5 Å². The molecule has 5 heteroatoms. The van der Waals surface area contributed by atoms with Crippen molar-refractivity contribution >= 4 is 22.6 Å². The van der Waals surface area contributed by atoms with E-state index in [-0.39, 0.29) is 0 Å². The summed E-state index contributed by atoms with van der Waals surface area (Å²) in [4.78, 5) is 0. The van der Waals surface area contributed by atoms with Crippen LogP contribution in [0.2, 0.25) is 0 Å². The molecule has 0 amide bonds. The molecule has 1 aromatic carbocycles. The molecule has 0 aliphatic heterocycles. The minimum absolute atomic E-state index is 0.723. The number of nitrogens with one attached hydrogen (secondary N) is 1. The SMILES string of the molecule is COCCNCc1cc(C)ccc1-n1cc(I)cn1. The van der Waals surface area contributed by atoms with E-state index >= 15 is 0 Å². The van der Waals surface area contributed by atoms with Crippen LogP contribution in [-0.4, -0.2) is 30.0 Å². The molecular weight excluding hydrogens is 353 g/mol. The van der Waals surface area contributed by atoms with Crippen LogP contribution in [-0.2, 0) is 11.3 Å². The second-order valence-electron chi connectivity index (χ2n) is 4.40. The van der Waals surface area contributed by atoms with Gasteiger partial charge in [0.05, 0.1) is 22.1 Å². The van der Waals surface area contributed by atoms with Gasteiger partial charge in [0.25, 0.3) is 0 Å². The molecule has 0 radical (unpaired) electrons. The average Bonchev–Trinajstić information content (AvgIpc) is 2.81. The largest absolute Gasteiger partial charge is 0.383 e. The minimum atomic E-state index is 0.723. The molecule has 0 saturated carbocycles. The van der Waals surface area contributed by atoms with E-state index in [1.807, 2.05) is 17.1 Å². The molecular formula is C14H18IN3O. The summed E-state index contributed by atoms with van der Waals surface area (Å²) in [5, 5.41) is 7.76. The van der Waals surface area contributed by atoms with E-state index in [2.05, 4.69) is 58.1 Å². The molecule has 19 heavy (non-hydrogen) atoms. The second-order valence-corrected chi connectivity index (χ2v) is 5.65. The van der Waals surface area contributed by atoms with Crippen LogP contribution in [0.15, 0.2) is 30.6 Å². The normalized spacial score (nSPS) is 10.9. The molecule has 0 aliphatic rings. The van der Waals surface area contributed by atoms with Crippen molar-refractivity contribution in [2.24, 2.45) is 0 Å². The summed E-state index contributed by atoms with van der Waals surface area (Å²) < 4.78 is 8.10. The Kier molecular flexibility index (Phi) is 5.35. The zero-order chi connectivity index (χ0) is 13.7. The standard InChI is InChI=1S/C14H18IN3O/c1-11-3-4-14(18-10-13(15)9-17-18)12(7-11)8-16-5-6-19-2/h3-4,7,9-10,16H,5-6,8H2,1-2H3. The van der Waals surface area contributed by atoms with Gasteiger partial charge in [-0.3, -0.25) is 0 Å². The van der Waals surface area contributed by atoms with Gasteiger partial charge < -0.3 is 10.1 Å². The minimum Gasteiger partial charge on any atom is -0.383 e. The molecule has 4 nitrogen and oxygen atoms in total. The molecule has 1 heterocycles. The third kappa shape index (κ3) is 4.02. The molecule has 0 unspecified atom stereocenters. The fourth-order valence-corrected chi connectivity index (χ4v) is 2.30. The Morgan fingerprint density at radius 2 is 2.26 bits per heavy atom. The van der Waals surface area contributed by atoms with Crippen LogP contribution in [0.4, 0.5) is 0 Å². The van der Waals surface area contributed by atoms with E-state index in [0.29, 0.717) is 0 Å². The van der Waals surface area contributed by atoms with Gasteiger partial charge in [-0.2, -0.15) is 5.10 Å². The van der Waals surface area contributed by atoms with Gasteiger partial charge in [0, 0.05) is 26.4 Å². The summed E-state index contributed by atoms with van der Waals surface area (Å²) in [6, 6.07) is 6.43. The summed E-state index contributed by atoms with van der Waals surface area (Å²) in [6.45, 7) is 4.49. The topological polar surface area (TPSA) is 39.1 Å². The van der Waals surface area contributed by atoms with E-state index in [0.717, 1.165) is 29.0 Å². The summed E-state index contributed by atoms with van der Waals surface area (Å²) >= 11 is 2.27. The predicted octanol–water partition coefficient (Wildman–Crippen LogP) is 2.52. The number of ether oxygens (including phenoxy) is 1. The molecule has 0 aliphatic carbocycles. The van der Waals surface area contributed by atoms with E-state index in [9.17, 15) is 0 Å². The lowest BCUT2D eigenvalue weighted by Gasteiger charge is -2.11. The van der Waals surface area contributed by atoms with Crippen molar-refractivity contribution in [3.05, 3.63) is 45.3 Å². The van der Waals surface area contributed by atoms with Gasteiger partial charge in [-0.25, -0.2) is 4.68 Å². The number of methoxy groups -OCH3 is 1. The first-order chi connectivity index (χ1) is 9.20. The van der Waals surface area contributed by atoms with Crippen LogP contribution in [0.25, 0.3) is 5.69 Å². The predicted molar refractivity (Wildman–Crippen MR) is 84.6 cm³/mol. The molecule has 0 fully saturated rings. The zero-order valence-electron chi connectivity index (χ0n) is 11.2. The Morgan fingerprint density at radius 3 is 2.95 bits per heavy atom. The van der Waals surface area contributed by atoms with Crippen molar-refractivity contribution in [3.63, 3.8) is 0 Å². The number of hydrogen-bond donors (Lipinski definition) is 1. The number of halogens is 1. The first-order valence-electron chi connectivity index (χ1n) is 6.20. The summed E-state index contributed by atoms with van der Waals surface area (Å²) in [5.41, 5.74) is 3.63. The highest BCUT2D eigenvalue weighted by Crippen LogP contribution is 2.17. The molecule has 1 aromatic heterocycles. The van der Waals surface area contributed by atoms with Crippen molar-refractivity contribution < 1.29 is 4.74 Å². The van der Waals surface area contributed by atoms with Gasteiger partial charge in [-0.1, -0.05) is 17.7 Å². The van der Waals surface area contributed by atoms with E-state index in [1.54, 1.807) is 7.11 Å². The van der Waals surface area contributed by atoms with E-state index in [1.165, 1.54) is 11.1 Å². The summed E-state index contributed by atoms with van der Waals surface area (Å²) in [7, 11) is 1.71. The van der Waals surface area contributed by atoms with Crippen LogP contribution in [0, 0.1) is 10.5 Å². The lowest BCUT2D eigenvalue weighted by atomic mass is 10.1. The van der Waals surface area contributed by atoms with Gasteiger partial charge in [0.2, 0.25) is 0 Å². The van der Waals surface area contributed by atoms with Crippen molar-refractivity contribution in [3.8, 4) is 5.69 Å². The van der Waals surface area contributed by atoms with Gasteiger partial charge >= 0.3 is 0 Å². The van der Waals surface area contributed by atoms with Gasteiger partial charge in [-0.05, 0) is 41.1 Å². The summed E-state index contributed by atoms with van der Waals surface area (Å²) in [6.07, 6.45) is 3.90. The maximum absolute atomic E-state index is 5.04. The number of benzene rings is 1. The highest BCUT2D eigenvalue weighted by molar-refractivity contribution is 14.1. The number of aryl methyl sites for hydroxylation is 1. The molecule has 2 rings (SSSR count). The molecule has 0 bridgehead atoms. The average molecular weight is 371 g/mol. The lowest BCUT2D eigenvalue weighted by Crippen LogP contribution is -2.19. The Hall–Kier alpha value is -0.920. The third-order valence-corrected chi connectivity index (χ3v) is 3.39. The second kappa shape index (κ2) is 7.02. The monoisotopic (exact) mass is 371 g/mol. The molecule has 102 valence electrons. The Morgan fingerprint density at radius 1 is 1.42 bits per heavy atom. The van der Waals surface area contributed by atoms with Crippen LogP contribution >= 0.6 is 22.6 Å². The number of nitrogens with zero attached hydrogens (tertiary/aromatic N) is 2. The Balaban J connectivity index is 2.18. The van der Waals surface area contributed by atoms with Crippen molar-refractivity contribution in [1.29, 1.82) is 0 Å². The van der Waals surface area contributed by atoms with Crippen molar-refractivity contribution in [1.82, 2.24) is 15.1 Å². The smallest absolute Gasteiger partial charge is 0.0691 e. The Bertz CT molecular complexity index is 539. The maximum atomic E-state index is 5.04. The quantitative estimate of drug-likeness (QED) is 0.627. The molecule has 0 spiro atoms. The number of rotatable bonds is 6. The van der Waals surface area contributed by atoms with E-state index < -0.39 is 0 Å². The molecule has 0 atom stereocenters. The fraction of sp³-hybridized carbons (Fsp3) is 0.357. The third-order valence-electron chi connectivity index (χ3n) is 2.83. The van der Waals surface area contributed by atoms with E-state index in [4.69, 9.17) is 4.74 Å². The fourth-order valence-electron chi connectivity index (χ4n) is 1.91. The number of aromatic nitrogens is 2. The zero-order valence-corrected chi connectivity index (χ0v) is 13.3. The van der Waals surface area contributed by atoms with Crippen molar-refractivity contribution in [2.75, 3.05) is 20.3 Å². The van der Waals surface area contributed by atoms with Crippen LogP contribution in [0.3, 0.4) is 0 Å². The lowest BCUT2D eigenvalue weighted by molar-refractivity contribution is 0.199. The first-order valence-corrected chi connectivity index (χ1v) is 7.28. The molecule has 2 aromatic rings. The van der Waals surface area contributed by atoms with Gasteiger partial charge in [-0.15, -0.1) is 0 Å². The highest BCUT2D eigenvalue weighted by atomic mass is 127. The van der Waals surface area contributed by atoms with Crippen LogP contribution < -0.4 is 5.32 Å². The highest BCUT2D eigenvalue weighted by Gasteiger charge is 2.06. The van der Waals surface area contributed by atoms with Crippen LogP contribution in [0.1, 0.15) is 11.1 Å². The van der Waals surface area contributed by atoms with Gasteiger partial charge in [0.15, 0.2) is 0 Å². The number of hydrogen-bond acceptors (Lipinski definition) is 3. The molecule has 0 saturated heterocycles. The first kappa shape index (κ1) is 14.5. The maximum Gasteiger partial charge on any atom is 0.0691 e. The van der Waals surface area contributed by atoms with Gasteiger partial charge in [0.1, 0.15) is 0 Å². The summed E-state index contributed by atoms with van der Waals surface area (Å²) in [5.74, 6) is 0. The molecule has 1 N–H and O–H groups in total. The Labute approximate surface area is 127 Å².